The molecule has 20 heavy (non-hydrogen) atoms. The Bertz CT molecular complexity index is 621. The zero-order valence-corrected chi connectivity index (χ0v) is 11.6. The highest BCUT2D eigenvalue weighted by Crippen LogP contribution is 2.26. The third-order valence-electron chi connectivity index (χ3n) is 3.26. The Morgan fingerprint density at radius 1 is 1.50 bits per heavy atom. The molecule has 0 spiro atoms. The fraction of sp³-hybridized carbons (Fsp3) is 0.357. The van der Waals surface area contributed by atoms with Gasteiger partial charge >= 0.3 is 0 Å². The van der Waals surface area contributed by atoms with Crippen LogP contribution >= 0.6 is 0 Å². The number of nitrogens with two attached hydrogens (primary N) is 1. The van der Waals surface area contributed by atoms with Gasteiger partial charge in [-0.25, -0.2) is 4.98 Å². The van der Waals surface area contributed by atoms with Gasteiger partial charge in [0.25, 0.3) is 5.69 Å². The van der Waals surface area contributed by atoms with E-state index in [-0.39, 0.29) is 16.7 Å². The molecule has 6 nitrogen and oxygen atoms in total. The molecule has 0 radical (unpaired) electrons. The van der Waals surface area contributed by atoms with Crippen molar-refractivity contribution in [1.29, 1.82) is 0 Å². The van der Waals surface area contributed by atoms with Crippen LogP contribution in [-0.4, -0.2) is 14.9 Å². The Hall–Kier alpha value is -2.21. The highest BCUT2D eigenvalue weighted by molar-refractivity contribution is 5.63. The smallest absolute Gasteiger partial charge is 0.272 e. The fourth-order valence-electron chi connectivity index (χ4n) is 2.09. The molecular weight excluding hydrogens is 256 g/mol. The summed E-state index contributed by atoms with van der Waals surface area (Å²) in [5.74, 6) is 0.713. The maximum Gasteiger partial charge on any atom is 0.272 e. The van der Waals surface area contributed by atoms with Gasteiger partial charge in [0.05, 0.1) is 22.9 Å². The molecular formula is C14H18N4O2. The standard InChI is InChI=1S/C14H18N4O2/c1-3-4-11(15)14-16-8-12(17-14)10-6-5-9(2)13(7-10)18(19)20/h5-8,11H,3-4,15H2,1-2H3,(H,16,17). The summed E-state index contributed by atoms with van der Waals surface area (Å²) in [6.45, 7) is 3.78. The number of hydrogen-bond acceptors (Lipinski definition) is 4. The number of benzene rings is 1. The van der Waals surface area contributed by atoms with Crippen molar-refractivity contribution in [3.8, 4) is 11.3 Å². The van der Waals surface area contributed by atoms with E-state index >= 15 is 0 Å². The highest BCUT2D eigenvalue weighted by Gasteiger charge is 2.14. The van der Waals surface area contributed by atoms with Crippen molar-refractivity contribution < 1.29 is 4.92 Å². The predicted octanol–water partition coefficient (Wildman–Crippen LogP) is 3.09. The SMILES string of the molecule is CCCC(N)c1ncc(-c2ccc(C)c([N+](=O)[O-])c2)[nH]1. The van der Waals surface area contributed by atoms with Crippen molar-refractivity contribution in [2.24, 2.45) is 5.73 Å². The number of rotatable bonds is 5. The van der Waals surface area contributed by atoms with Crippen molar-refractivity contribution in [1.82, 2.24) is 9.97 Å². The predicted molar refractivity (Wildman–Crippen MR) is 77.3 cm³/mol. The van der Waals surface area contributed by atoms with E-state index in [9.17, 15) is 10.1 Å². The van der Waals surface area contributed by atoms with Gasteiger partial charge in [0.1, 0.15) is 5.82 Å². The Morgan fingerprint density at radius 2 is 2.25 bits per heavy atom. The van der Waals surface area contributed by atoms with Crippen LogP contribution in [0.25, 0.3) is 11.3 Å². The molecule has 0 aliphatic rings. The molecule has 2 aromatic rings. The van der Waals surface area contributed by atoms with E-state index in [0.717, 1.165) is 24.1 Å². The maximum atomic E-state index is 11.0. The summed E-state index contributed by atoms with van der Waals surface area (Å²) < 4.78 is 0. The van der Waals surface area contributed by atoms with Crippen LogP contribution in [0.4, 0.5) is 5.69 Å². The lowest BCUT2D eigenvalue weighted by Gasteiger charge is -2.06. The second-order valence-electron chi connectivity index (χ2n) is 4.84. The number of hydrogen-bond donors (Lipinski definition) is 2. The molecule has 1 atom stereocenters. The van der Waals surface area contributed by atoms with Gasteiger partial charge < -0.3 is 10.7 Å². The molecule has 0 amide bonds. The third-order valence-corrected chi connectivity index (χ3v) is 3.26. The summed E-state index contributed by atoms with van der Waals surface area (Å²) in [5.41, 5.74) is 8.23. The number of aromatic nitrogens is 2. The van der Waals surface area contributed by atoms with E-state index in [0.29, 0.717) is 11.4 Å². The van der Waals surface area contributed by atoms with E-state index in [4.69, 9.17) is 5.73 Å². The summed E-state index contributed by atoms with van der Waals surface area (Å²) in [6, 6.07) is 5.00. The number of aromatic amines is 1. The van der Waals surface area contributed by atoms with Crippen LogP contribution in [0.1, 0.15) is 37.2 Å². The molecule has 0 aliphatic heterocycles. The molecule has 6 heteroatoms. The van der Waals surface area contributed by atoms with Crippen LogP contribution in [-0.2, 0) is 0 Å². The van der Waals surface area contributed by atoms with E-state index in [1.54, 1.807) is 25.3 Å². The minimum absolute atomic E-state index is 0.108. The van der Waals surface area contributed by atoms with Crippen LogP contribution in [0, 0.1) is 17.0 Å². The zero-order valence-electron chi connectivity index (χ0n) is 11.6. The highest BCUT2D eigenvalue weighted by atomic mass is 16.6. The molecule has 0 fully saturated rings. The average molecular weight is 274 g/mol. The van der Waals surface area contributed by atoms with Gasteiger partial charge in [-0.3, -0.25) is 10.1 Å². The van der Waals surface area contributed by atoms with E-state index in [1.165, 1.54) is 0 Å². The van der Waals surface area contributed by atoms with Gasteiger partial charge in [-0.1, -0.05) is 25.5 Å². The zero-order chi connectivity index (χ0) is 14.7. The van der Waals surface area contributed by atoms with Crippen LogP contribution in [0.2, 0.25) is 0 Å². The second kappa shape index (κ2) is 5.83. The fourth-order valence-corrected chi connectivity index (χ4v) is 2.09. The van der Waals surface area contributed by atoms with Gasteiger partial charge in [-0.05, 0) is 13.3 Å². The summed E-state index contributed by atoms with van der Waals surface area (Å²) in [6.07, 6.45) is 3.49. The van der Waals surface area contributed by atoms with Gasteiger partial charge in [0.15, 0.2) is 0 Å². The van der Waals surface area contributed by atoms with E-state index in [2.05, 4.69) is 16.9 Å². The topological polar surface area (TPSA) is 97.8 Å². The Labute approximate surface area is 117 Å². The molecule has 1 aromatic heterocycles. The number of nitro benzene ring substituents is 1. The minimum atomic E-state index is -0.376. The van der Waals surface area contributed by atoms with Gasteiger partial charge in [0, 0.05) is 17.2 Å². The van der Waals surface area contributed by atoms with Crippen molar-refractivity contribution >= 4 is 5.69 Å². The third kappa shape index (κ3) is 2.85. The summed E-state index contributed by atoms with van der Waals surface area (Å²) in [7, 11) is 0. The molecule has 0 aliphatic carbocycles. The minimum Gasteiger partial charge on any atom is -0.341 e. The number of H-pyrrole nitrogens is 1. The Morgan fingerprint density at radius 3 is 2.90 bits per heavy atom. The molecule has 0 saturated heterocycles. The Kier molecular flexibility index (Phi) is 4.14. The number of aryl methyl sites for hydroxylation is 1. The lowest BCUT2D eigenvalue weighted by atomic mass is 10.1. The molecule has 106 valence electrons. The van der Waals surface area contributed by atoms with Gasteiger partial charge in [-0.2, -0.15) is 0 Å². The molecule has 3 N–H and O–H groups in total. The van der Waals surface area contributed by atoms with Crippen LogP contribution in [0.15, 0.2) is 24.4 Å². The molecule has 0 saturated carbocycles. The second-order valence-corrected chi connectivity index (χ2v) is 4.84. The molecule has 0 bridgehead atoms. The lowest BCUT2D eigenvalue weighted by Crippen LogP contribution is -2.11. The molecule has 2 rings (SSSR count). The monoisotopic (exact) mass is 274 g/mol. The normalized spacial score (nSPS) is 12.3. The summed E-state index contributed by atoms with van der Waals surface area (Å²) in [5, 5.41) is 11.0. The maximum absolute atomic E-state index is 11.0. The lowest BCUT2D eigenvalue weighted by molar-refractivity contribution is -0.385. The first kappa shape index (κ1) is 14.2. The Balaban J connectivity index is 2.33. The molecule has 1 heterocycles. The summed E-state index contributed by atoms with van der Waals surface area (Å²) in [4.78, 5) is 18.0. The summed E-state index contributed by atoms with van der Waals surface area (Å²) >= 11 is 0. The van der Waals surface area contributed by atoms with Crippen molar-refractivity contribution in [3.05, 3.63) is 45.9 Å². The first-order chi connectivity index (χ1) is 9.52. The largest absolute Gasteiger partial charge is 0.341 e. The molecule has 1 aromatic carbocycles. The number of nitrogens with zero attached hydrogens (tertiary/aromatic N) is 2. The average Bonchev–Trinajstić information content (AvgIpc) is 2.89. The van der Waals surface area contributed by atoms with Gasteiger partial charge in [0.2, 0.25) is 0 Å². The van der Waals surface area contributed by atoms with E-state index < -0.39 is 0 Å². The van der Waals surface area contributed by atoms with Gasteiger partial charge in [-0.15, -0.1) is 0 Å². The van der Waals surface area contributed by atoms with Crippen LogP contribution in [0.3, 0.4) is 0 Å². The quantitative estimate of drug-likeness (QED) is 0.646. The number of imidazole rings is 1. The van der Waals surface area contributed by atoms with Crippen molar-refractivity contribution in [3.63, 3.8) is 0 Å². The molecule has 1 unspecified atom stereocenters. The number of nitro groups is 1. The van der Waals surface area contributed by atoms with Crippen LogP contribution < -0.4 is 5.73 Å². The van der Waals surface area contributed by atoms with Crippen molar-refractivity contribution in [2.75, 3.05) is 0 Å². The van der Waals surface area contributed by atoms with Crippen LogP contribution in [0.5, 0.6) is 0 Å². The number of nitrogens with one attached hydrogen (secondary N) is 1. The first-order valence-electron chi connectivity index (χ1n) is 6.58. The first-order valence-corrected chi connectivity index (χ1v) is 6.58. The van der Waals surface area contributed by atoms with E-state index in [1.807, 2.05) is 6.07 Å². The van der Waals surface area contributed by atoms with Crippen molar-refractivity contribution in [2.45, 2.75) is 32.7 Å².